The van der Waals surface area contributed by atoms with Crippen LogP contribution in [0.5, 0.6) is 0 Å². The minimum Gasteiger partial charge on any atom is -0.550 e. The molecule has 0 aromatic heterocycles. The highest BCUT2D eigenvalue weighted by Gasteiger charge is 2.49. The predicted octanol–water partition coefficient (Wildman–Crippen LogP) is 5.88. The standard InChI is InChI=1S/C34H26P.C2H4O2/c1-4-17-28(18-5-1)35(29-19-6-2-7-20-29,30-21-8-3-9-22-30)34-26-13-12-24-33(34)32-25-14-16-27-15-10-11-23-31(27)32;1-2(3)4/h1-26H;1H3,(H,3,4)/q+1;/p-1. The molecule has 190 valence electrons. The molecule has 0 saturated heterocycles. The van der Waals surface area contributed by atoms with Gasteiger partial charge in [0.05, 0.1) is 0 Å². The number of hydrogen-bond acceptors (Lipinski definition) is 2. The van der Waals surface area contributed by atoms with Crippen molar-refractivity contribution in [2.24, 2.45) is 0 Å². The first kappa shape index (κ1) is 26.1. The molecule has 0 saturated carbocycles. The summed E-state index contributed by atoms with van der Waals surface area (Å²) in [4.78, 5) is 8.89. The summed E-state index contributed by atoms with van der Waals surface area (Å²) in [6, 6.07) is 57.7. The van der Waals surface area contributed by atoms with Gasteiger partial charge in [-0.2, -0.15) is 0 Å². The highest BCUT2D eigenvalue weighted by Crippen LogP contribution is 2.56. The van der Waals surface area contributed by atoms with E-state index >= 15 is 0 Å². The largest absolute Gasteiger partial charge is 0.550 e. The lowest BCUT2D eigenvalue weighted by atomic mass is 9.98. The Kier molecular flexibility index (Phi) is 7.96. The molecule has 0 fully saturated rings. The van der Waals surface area contributed by atoms with Crippen molar-refractivity contribution in [1.29, 1.82) is 0 Å². The molecule has 0 unspecified atom stereocenters. The van der Waals surface area contributed by atoms with E-state index in [-0.39, 0.29) is 0 Å². The van der Waals surface area contributed by atoms with E-state index in [1.54, 1.807) is 0 Å². The zero-order chi connectivity index (χ0) is 27.1. The van der Waals surface area contributed by atoms with Gasteiger partial charge in [0.2, 0.25) is 0 Å². The maximum atomic E-state index is 8.89. The quantitative estimate of drug-likeness (QED) is 0.264. The molecule has 0 spiro atoms. The Hall–Kier alpha value is -4.52. The van der Waals surface area contributed by atoms with Crippen molar-refractivity contribution in [3.8, 4) is 11.1 Å². The van der Waals surface area contributed by atoms with Crippen molar-refractivity contribution < 1.29 is 9.90 Å². The number of benzene rings is 6. The lowest BCUT2D eigenvalue weighted by molar-refractivity contribution is -0.302. The van der Waals surface area contributed by atoms with Crippen molar-refractivity contribution in [2.45, 2.75) is 6.92 Å². The second kappa shape index (κ2) is 11.9. The third kappa shape index (κ3) is 5.25. The Morgan fingerprint density at radius 2 is 0.872 bits per heavy atom. The van der Waals surface area contributed by atoms with Crippen LogP contribution < -0.4 is 26.3 Å². The number of fused-ring (bicyclic) bond motifs is 1. The van der Waals surface area contributed by atoms with Crippen molar-refractivity contribution >= 4 is 45.2 Å². The van der Waals surface area contributed by atoms with E-state index in [1.165, 1.54) is 43.1 Å². The van der Waals surface area contributed by atoms with Crippen LogP contribution in [0.15, 0.2) is 158 Å². The molecule has 39 heavy (non-hydrogen) atoms. The van der Waals surface area contributed by atoms with Crippen LogP contribution in [0.4, 0.5) is 0 Å². The van der Waals surface area contributed by atoms with Gasteiger partial charge >= 0.3 is 0 Å². The van der Waals surface area contributed by atoms with Gasteiger partial charge in [0.25, 0.3) is 0 Å². The summed E-state index contributed by atoms with van der Waals surface area (Å²) in [6.45, 7) is 0.972. The minimum atomic E-state index is -2.19. The number of aliphatic carboxylic acids is 1. The third-order valence-corrected chi connectivity index (χ3v) is 11.1. The molecule has 0 amide bonds. The first-order valence-corrected chi connectivity index (χ1v) is 14.7. The van der Waals surface area contributed by atoms with E-state index in [1.807, 2.05) is 0 Å². The number of rotatable bonds is 5. The second-order valence-corrected chi connectivity index (χ2v) is 12.6. The SMILES string of the molecule is CC(=O)[O-].c1ccc([P+](c2ccccc2)(c2ccccc2)c2ccccc2-c2cccc3ccccc23)cc1. The van der Waals surface area contributed by atoms with Gasteiger partial charge in [0.15, 0.2) is 0 Å². The summed E-state index contributed by atoms with van der Waals surface area (Å²) >= 11 is 0. The van der Waals surface area contributed by atoms with Gasteiger partial charge in [0.1, 0.15) is 28.5 Å². The molecule has 3 heteroatoms. The normalized spacial score (nSPS) is 10.9. The van der Waals surface area contributed by atoms with Crippen LogP contribution in [0.3, 0.4) is 0 Å². The summed E-state index contributed by atoms with van der Waals surface area (Å²) in [5, 5.41) is 16.9. The van der Waals surface area contributed by atoms with Crippen molar-refractivity contribution in [1.82, 2.24) is 0 Å². The first-order valence-electron chi connectivity index (χ1n) is 12.9. The van der Waals surface area contributed by atoms with Gasteiger partial charge in [0, 0.05) is 11.5 Å². The van der Waals surface area contributed by atoms with E-state index < -0.39 is 13.2 Å². The number of carboxylic acids is 1. The summed E-state index contributed by atoms with van der Waals surface area (Å²) in [5.74, 6) is -1.08. The highest BCUT2D eigenvalue weighted by molar-refractivity contribution is 8.01. The van der Waals surface area contributed by atoms with Crippen LogP contribution >= 0.6 is 7.26 Å². The zero-order valence-electron chi connectivity index (χ0n) is 21.8. The van der Waals surface area contributed by atoms with Crippen molar-refractivity contribution in [3.63, 3.8) is 0 Å². The summed E-state index contributed by atoms with van der Waals surface area (Å²) in [7, 11) is -2.19. The Bertz CT molecular complexity index is 1570. The van der Waals surface area contributed by atoms with E-state index in [9.17, 15) is 0 Å². The number of hydrogen-bond donors (Lipinski definition) is 0. The van der Waals surface area contributed by atoms with E-state index in [0.717, 1.165) is 6.92 Å². The Morgan fingerprint density at radius 1 is 0.487 bits per heavy atom. The van der Waals surface area contributed by atoms with E-state index in [0.29, 0.717) is 0 Å². The average molecular weight is 525 g/mol. The summed E-state index contributed by atoms with van der Waals surface area (Å²) in [6.07, 6.45) is 0. The fraction of sp³-hybridized carbons (Fsp3) is 0.0278. The van der Waals surface area contributed by atoms with Crippen molar-refractivity contribution in [3.05, 3.63) is 158 Å². The highest BCUT2D eigenvalue weighted by atomic mass is 31.2. The number of carbonyl (C=O) groups excluding carboxylic acids is 1. The molecule has 0 atom stereocenters. The molecular weight excluding hydrogens is 495 g/mol. The first-order chi connectivity index (χ1) is 19.1. The van der Waals surface area contributed by atoms with Gasteiger partial charge in [-0.25, -0.2) is 0 Å². The number of carbonyl (C=O) groups is 1. The van der Waals surface area contributed by atoms with Crippen LogP contribution in [0.2, 0.25) is 0 Å². The van der Waals surface area contributed by atoms with Crippen LogP contribution in [0.1, 0.15) is 6.92 Å². The zero-order valence-corrected chi connectivity index (χ0v) is 22.7. The monoisotopic (exact) mass is 524 g/mol. The maximum Gasteiger partial charge on any atom is 0.144 e. The van der Waals surface area contributed by atoms with Crippen LogP contribution in [-0.2, 0) is 4.79 Å². The Labute approximate surface area is 230 Å². The van der Waals surface area contributed by atoms with Gasteiger partial charge < -0.3 is 9.90 Å². The lowest BCUT2D eigenvalue weighted by Gasteiger charge is -2.29. The van der Waals surface area contributed by atoms with Gasteiger partial charge in [-0.15, -0.1) is 0 Å². The molecule has 0 bridgehead atoms. The molecule has 0 aliphatic heterocycles. The second-order valence-electron chi connectivity index (χ2n) is 9.21. The van der Waals surface area contributed by atoms with Gasteiger partial charge in [-0.3, -0.25) is 0 Å². The molecule has 0 aliphatic carbocycles. The van der Waals surface area contributed by atoms with Crippen molar-refractivity contribution in [2.75, 3.05) is 0 Å². The van der Waals surface area contributed by atoms with E-state index in [4.69, 9.17) is 9.90 Å². The van der Waals surface area contributed by atoms with E-state index in [2.05, 4.69) is 158 Å². The molecule has 6 aromatic carbocycles. The molecule has 0 radical (unpaired) electrons. The van der Waals surface area contributed by atoms with Gasteiger partial charge in [-0.05, 0) is 65.7 Å². The molecule has 2 nitrogen and oxygen atoms in total. The van der Waals surface area contributed by atoms with Crippen LogP contribution in [0.25, 0.3) is 21.9 Å². The van der Waals surface area contributed by atoms with Crippen LogP contribution in [0, 0.1) is 0 Å². The Morgan fingerprint density at radius 3 is 1.41 bits per heavy atom. The lowest BCUT2D eigenvalue weighted by Crippen LogP contribution is -2.39. The molecule has 6 rings (SSSR count). The topological polar surface area (TPSA) is 40.1 Å². The van der Waals surface area contributed by atoms with Crippen LogP contribution in [-0.4, -0.2) is 5.97 Å². The predicted molar refractivity (Wildman–Crippen MR) is 165 cm³/mol. The fourth-order valence-corrected chi connectivity index (χ4v) is 9.73. The number of carboxylic acid groups (broad SMARTS) is 1. The summed E-state index contributed by atoms with van der Waals surface area (Å²) < 4.78 is 0. The average Bonchev–Trinajstić information content (AvgIpc) is 2.99. The molecule has 0 N–H and O–H groups in total. The smallest absolute Gasteiger partial charge is 0.144 e. The fourth-order valence-electron chi connectivity index (χ4n) is 5.27. The molecule has 0 heterocycles. The summed E-state index contributed by atoms with van der Waals surface area (Å²) in [5.41, 5.74) is 2.58. The van der Waals surface area contributed by atoms with Gasteiger partial charge in [-0.1, -0.05) is 115 Å². The Balaban J connectivity index is 0.000000723. The minimum absolute atomic E-state index is 0.972. The molecular formula is C36H29O2P. The molecule has 0 aliphatic rings. The maximum absolute atomic E-state index is 8.89. The third-order valence-electron chi connectivity index (χ3n) is 6.78. The molecule has 6 aromatic rings.